The van der Waals surface area contributed by atoms with Crippen LogP contribution in [0.25, 0.3) is 0 Å². The molecule has 0 saturated carbocycles. The van der Waals surface area contributed by atoms with Gasteiger partial charge in [0.25, 0.3) is 0 Å². The molecule has 0 amide bonds. The molecule has 82 valence electrons. The molecule has 0 aliphatic carbocycles. The fourth-order valence-corrected chi connectivity index (χ4v) is 0.914. The smallest absolute Gasteiger partial charge is 0.506 e. The number of pyridine rings is 1. The second kappa shape index (κ2) is 3.76. The Kier molecular flexibility index (Phi) is 2.83. The Morgan fingerprint density at radius 2 is 2.13 bits per heavy atom. The van der Waals surface area contributed by atoms with Crippen molar-refractivity contribution in [1.29, 1.82) is 0 Å². The Morgan fingerprint density at radius 3 is 2.60 bits per heavy atom. The van der Waals surface area contributed by atoms with Gasteiger partial charge < -0.3 is 9.84 Å². The van der Waals surface area contributed by atoms with Crippen molar-refractivity contribution in [2.45, 2.75) is 13.3 Å². The van der Waals surface area contributed by atoms with Crippen LogP contribution in [0.1, 0.15) is 15.9 Å². The van der Waals surface area contributed by atoms with Crippen LogP contribution in [0, 0.1) is 6.92 Å². The molecule has 1 rings (SSSR count). The Balaban J connectivity index is 3.19. The van der Waals surface area contributed by atoms with Gasteiger partial charge in [0.15, 0.2) is 6.29 Å². The van der Waals surface area contributed by atoms with E-state index >= 15 is 0 Å². The number of hydrogen-bond acceptors (Lipinski definition) is 4. The summed E-state index contributed by atoms with van der Waals surface area (Å²) in [5.74, 6) is -1.24. The van der Waals surface area contributed by atoms with Crippen molar-refractivity contribution in [2.75, 3.05) is 0 Å². The Morgan fingerprint density at radius 1 is 1.53 bits per heavy atom. The summed E-state index contributed by atoms with van der Waals surface area (Å²) in [6.07, 6.45) is -4.00. The van der Waals surface area contributed by atoms with Crippen molar-refractivity contribution in [3.8, 4) is 11.6 Å². The summed E-state index contributed by atoms with van der Waals surface area (Å²) in [6.45, 7) is 1.28. The first-order valence-electron chi connectivity index (χ1n) is 3.74. The van der Waals surface area contributed by atoms with Crippen LogP contribution in [0.15, 0.2) is 6.20 Å². The number of carbonyl (C=O) groups is 1. The largest absolute Gasteiger partial charge is 0.574 e. The third-order valence-electron chi connectivity index (χ3n) is 1.65. The van der Waals surface area contributed by atoms with Crippen LogP contribution < -0.4 is 4.74 Å². The summed E-state index contributed by atoms with van der Waals surface area (Å²) in [4.78, 5) is 13.7. The molecule has 1 aromatic heterocycles. The maximum absolute atomic E-state index is 11.8. The molecule has 0 aliphatic heterocycles. The fraction of sp³-hybridized carbons (Fsp3) is 0.250. The topological polar surface area (TPSA) is 59.4 Å². The number of halogens is 3. The maximum atomic E-state index is 11.8. The lowest BCUT2D eigenvalue weighted by molar-refractivity contribution is -0.276. The predicted molar refractivity (Wildman–Crippen MR) is 42.7 cm³/mol. The van der Waals surface area contributed by atoms with Crippen LogP contribution in [-0.2, 0) is 0 Å². The molecule has 0 saturated heterocycles. The molecular formula is C8H6F3NO3. The zero-order valence-corrected chi connectivity index (χ0v) is 7.50. The first kappa shape index (κ1) is 11.3. The first-order chi connectivity index (χ1) is 6.85. The van der Waals surface area contributed by atoms with Gasteiger partial charge in [-0.05, 0) is 6.92 Å². The fourth-order valence-electron chi connectivity index (χ4n) is 0.914. The van der Waals surface area contributed by atoms with Gasteiger partial charge in [-0.2, -0.15) is 0 Å². The van der Waals surface area contributed by atoms with Gasteiger partial charge in [0.2, 0.25) is 5.88 Å². The molecule has 15 heavy (non-hydrogen) atoms. The Hall–Kier alpha value is -1.79. The summed E-state index contributed by atoms with van der Waals surface area (Å²) in [5, 5.41) is 9.10. The predicted octanol–water partition coefficient (Wildman–Crippen LogP) is 1.81. The summed E-state index contributed by atoms with van der Waals surface area (Å²) >= 11 is 0. The van der Waals surface area contributed by atoms with E-state index in [0.29, 0.717) is 0 Å². The summed E-state index contributed by atoms with van der Waals surface area (Å²) in [6, 6.07) is 0. The summed E-state index contributed by atoms with van der Waals surface area (Å²) in [5.41, 5.74) is -0.438. The molecule has 0 aromatic carbocycles. The van der Waals surface area contributed by atoms with Gasteiger partial charge in [-0.25, -0.2) is 4.98 Å². The molecule has 7 heteroatoms. The summed E-state index contributed by atoms with van der Waals surface area (Å²) < 4.78 is 39.1. The minimum absolute atomic E-state index is 0.0146. The minimum Gasteiger partial charge on any atom is -0.506 e. The molecule has 1 aromatic rings. The van der Waals surface area contributed by atoms with Crippen molar-refractivity contribution in [1.82, 2.24) is 4.98 Å². The summed E-state index contributed by atoms with van der Waals surface area (Å²) in [7, 11) is 0. The van der Waals surface area contributed by atoms with Gasteiger partial charge >= 0.3 is 6.36 Å². The molecule has 0 aliphatic rings. The van der Waals surface area contributed by atoms with Crippen LogP contribution in [0.3, 0.4) is 0 Å². The third kappa shape index (κ3) is 2.58. The molecule has 4 nitrogen and oxygen atoms in total. The molecule has 0 unspecified atom stereocenters. The first-order valence-corrected chi connectivity index (χ1v) is 3.74. The van der Waals surface area contributed by atoms with Gasteiger partial charge in [-0.3, -0.25) is 4.79 Å². The Labute approximate surface area is 82.3 Å². The van der Waals surface area contributed by atoms with Crippen molar-refractivity contribution in [2.24, 2.45) is 0 Å². The normalized spacial score (nSPS) is 11.2. The van der Waals surface area contributed by atoms with Crippen molar-refractivity contribution < 1.29 is 27.8 Å². The molecular weight excluding hydrogens is 215 g/mol. The number of aromatic nitrogens is 1. The standard InChI is InChI=1S/C8H6F3NO3/c1-4-5(3-13)7(12-2-6(4)14)15-8(9,10)11/h2-3,14H,1H3. The van der Waals surface area contributed by atoms with Gasteiger partial charge in [-0.1, -0.05) is 0 Å². The molecule has 0 spiro atoms. The number of aromatic hydroxyl groups is 1. The van der Waals surface area contributed by atoms with Crippen molar-refractivity contribution in [3.05, 3.63) is 17.3 Å². The number of nitrogens with zero attached hydrogens (tertiary/aromatic N) is 1. The zero-order chi connectivity index (χ0) is 11.6. The quantitative estimate of drug-likeness (QED) is 0.773. The van der Waals surface area contributed by atoms with Gasteiger partial charge in [0.05, 0.1) is 11.8 Å². The molecule has 1 heterocycles. The SMILES string of the molecule is Cc1c(O)cnc(OC(F)(F)F)c1C=O. The van der Waals surface area contributed by atoms with E-state index in [1.807, 2.05) is 0 Å². The average molecular weight is 221 g/mol. The van der Waals surface area contributed by atoms with E-state index in [4.69, 9.17) is 5.11 Å². The minimum atomic E-state index is -4.92. The van der Waals surface area contributed by atoms with E-state index in [1.54, 1.807) is 0 Å². The number of aldehydes is 1. The van der Waals surface area contributed by atoms with Crippen LogP contribution in [0.2, 0.25) is 0 Å². The zero-order valence-electron chi connectivity index (χ0n) is 7.50. The lowest BCUT2D eigenvalue weighted by atomic mass is 10.1. The monoisotopic (exact) mass is 221 g/mol. The highest BCUT2D eigenvalue weighted by Crippen LogP contribution is 2.28. The van der Waals surface area contributed by atoms with Gasteiger partial charge in [0.1, 0.15) is 5.75 Å². The maximum Gasteiger partial charge on any atom is 0.574 e. The Bertz CT molecular complexity index is 389. The van der Waals surface area contributed by atoms with Crippen molar-refractivity contribution >= 4 is 6.29 Å². The number of carbonyl (C=O) groups excluding carboxylic acids is 1. The number of rotatable bonds is 2. The third-order valence-corrected chi connectivity index (χ3v) is 1.65. The van der Waals surface area contributed by atoms with Crippen LogP contribution >= 0.6 is 0 Å². The van der Waals surface area contributed by atoms with Crippen molar-refractivity contribution in [3.63, 3.8) is 0 Å². The van der Waals surface area contributed by atoms with E-state index in [0.717, 1.165) is 6.20 Å². The molecule has 0 radical (unpaired) electrons. The number of alkyl halides is 3. The van der Waals surface area contributed by atoms with Crippen LogP contribution in [0.4, 0.5) is 13.2 Å². The number of ether oxygens (including phenoxy) is 1. The van der Waals surface area contributed by atoms with E-state index in [-0.39, 0.29) is 17.6 Å². The van der Waals surface area contributed by atoms with E-state index < -0.39 is 17.8 Å². The molecule has 1 N–H and O–H groups in total. The molecule has 0 bridgehead atoms. The lowest BCUT2D eigenvalue weighted by Crippen LogP contribution is -2.19. The highest BCUT2D eigenvalue weighted by atomic mass is 19.4. The van der Waals surface area contributed by atoms with Gasteiger partial charge in [-0.15, -0.1) is 13.2 Å². The lowest BCUT2D eigenvalue weighted by Gasteiger charge is -2.11. The second-order valence-electron chi connectivity index (χ2n) is 2.65. The van der Waals surface area contributed by atoms with E-state index in [9.17, 15) is 18.0 Å². The van der Waals surface area contributed by atoms with E-state index in [1.165, 1.54) is 6.92 Å². The molecule has 0 fully saturated rings. The van der Waals surface area contributed by atoms with Gasteiger partial charge in [0, 0.05) is 5.56 Å². The van der Waals surface area contributed by atoms with E-state index in [2.05, 4.69) is 9.72 Å². The van der Waals surface area contributed by atoms with Crippen LogP contribution in [-0.4, -0.2) is 22.7 Å². The average Bonchev–Trinajstić information content (AvgIpc) is 2.10. The number of hydrogen-bond donors (Lipinski definition) is 1. The second-order valence-corrected chi connectivity index (χ2v) is 2.65. The highest BCUT2D eigenvalue weighted by Gasteiger charge is 2.33. The highest BCUT2D eigenvalue weighted by molar-refractivity contribution is 5.81. The molecule has 0 atom stereocenters. The van der Waals surface area contributed by atoms with Crippen LogP contribution in [0.5, 0.6) is 11.6 Å².